The molecule has 1 aliphatic rings. The number of rotatable bonds is 5. The number of hydrogen-bond acceptors (Lipinski definition) is 3. The fraction of sp³-hybridized carbons (Fsp3) is 0.538. The van der Waals surface area contributed by atoms with Crippen molar-refractivity contribution in [1.29, 1.82) is 0 Å². The molecule has 0 bridgehead atoms. The van der Waals surface area contributed by atoms with Crippen molar-refractivity contribution in [3.8, 4) is 0 Å². The highest BCUT2D eigenvalue weighted by atomic mass is 32.2. The number of nitrogens with two attached hydrogens (primary N) is 1. The summed E-state index contributed by atoms with van der Waals surface area (Å²) in [5, 5.41) is 0. The molecule has 2 N–H and O–H groups in total. The normalized spacial score (nSPS) is 16.2. The molecule has 5 heteroatoms. The molecule has 100 valence electrons. The zero-order chi connectivity index (χ0) is 13.3. The zero-order valence-electron chi connectivity index (χ0n) is 10.9. The molecule has 1 fully saturated rings. The Labute approximate surface area is 109 Å². The molecule has 1 aromatic rings. The van der Waals surface area contributed by atoms with Gasteiger partial charge in [0.1, 0.15) is 4.90 Å². The minimum absolute atomic E-state index is 0.175. The van der Waals surface area contributed by atoms with E-state index in [1.54, 1.807) is 29.4 Å². The van der Waals surface area contributed by atoms with Crippen LogP contribution in [0, 0.1) is 6.92 Å². The van der Waals surface area contributed by atoms with Gasteiger partial charge < -0.3 is 5.73 Å². The maximum absolute atomic E-state index is 12.7. The first kappa shape index (κ1) is 13.4. The van der Waals surface area contributed by atoms with Crippen LogP contribution in [0.3, 0.4) is 0 Å². The van der Waals surface area contributed by atoms with Crippen LogP contribution in [0.25, 0.3) is 0 Å². The van der Waals surface area contributed by atoms with E-state index in [2.05, 4.69) is 0 Å². The van der Waals surface area contributed by atoms with Crippen LogP contribution in [-0.2, 0) is 10.0 Å². The molecule has 4 nitrogen and oxygen atoms in total. The topological polar surface area (TPSA) is 63.4 Å². The number of nitrogen functional groups attached to an aromatic ring is 1. The summed E-state index contributed by atoms with van der Waals surface area (Å²) in [6, 6.07) is 5.40. The number of nitrogens with zero attached hydrogens (tertiary/aromatic N) is 1. The molecule has 0 atom stereocenters. The summed E-state index contributed by atoms with van der Waals surface area (Å²) in [6.07, 6.45) is 2.75. The van der Waals surface area contributed by atoms with Gasteiger partial charge in [0.05, 0.1) is 5.69 Å². The maximum atomic E-state index is 12.7. The van der Waals surface area contributed by atoms with E-state index in [0.717, 1.165) is 24.8 Å². The summed E-state index contributed by atoms with van der Waals surface area (Å²) in [5.74, 6) is 0. The van der Waals surface area contributed by atoms with Gasteiger partial charge >= 0.3 is 0 Å². The van der Waals surface area contributed by atoms with Gasteiger partial charge in [0.25, 0.3) is 0 Å². The minimum Gasteiger partial charge on any atom is -0.398 e. The lowest BCUT2D eigenvalue weighted by molar-refractivity contribution is 0.403. The summed E-state index contributed by atoms with van der Waals surface area (Å²) < 4.78 is 27.0. The Balaban J connectivity index is 2.46. The van der Waals surface area contributed by atoms with Crippen LogP contribution < -0.4 is 5.73 Å². The molecule has 0 aromatic heterocycles. The van der Waals surface area contributed by atoms with Crippen molar-refractivity contribution in [3.63, 3.8) is 0 Å². The molecular weight excluding hydrogens is 248 g/mol. The van der Waals surface area contributed by atoms with Crippen molar-refractivity contribution in [3.05, 3.63) is 23.8 Å². The Morgan fingerprint density at radius 3 is 2.56 bits per heavy atom. The second-order valence-corrected chi connectivity index (χ2v) is 6.67. The third kappa shape index (κ3) is 2.37. The van der Waals surface area contributed by atoms with Crippen LogP contribution in [0.15, 0.2) is 23.1 Å². The highest BCUT2D eigenvalue weighted by Crippen LogP contribution is 2.34. The number of aryl methyl sites for hydroxylation is 1. The standard InChI is InChI=1S/C13H20N2O2S/c1-3-9-15(11-7-8-11)18(16,17)13-10(2)5-4-6-12(13)14/h4-6,11H,3,7-9,14H2,1-2H3. The molecule has 1 aromatic carbocycles. The number of hydrogen-bond donors (Lipinski definition) is 1. The molecule has 0 saturated heterocycles. The van der Waals surface area contributed by atoms with Crippen molar-refractivity contribution >= 4 is 15.7 Å². The van der Waals surface area contributed by atoms with Gasteiger partial charge in [-0.15, -0.1) is 0 Å². The first-order valence-electron chi connectivity index (χ1n) is 6.35. The van der Waals surface area contributed by atoms with Crippen molar-refractivity contribution in [2.24, 2.45) is 0 Å². The van der Waals surface area contributed by atoms with Gasteiger partial charge in [0, 0.05) is 12.6 Å². The van der Waals surface area contributed by atoms with E-state index in [-0.39, 0.29) is 10.9 Å². The Hall–Kier alpha value is -1.07. The van der Waals surface area contributed by atoms with Gasteiger partial charge in [-0.05, 0) is 37.8 Å². The molecular formula is C13H20N2O2S. The van der Waals surface area contributed by atoms with Gasteiger partial charge in [-0.2, -0.15) is 4.31 Å². The quantitative estimate of drug-likeness (QED) is 0.832. The van der Waals surface area contributed by atoms with E-state index in [9.17, 15) is 8.42 Å². The van der Waals surface area contributed by atoms with Gasteiger partial charge in [0.2, 0.25) is 10.0 Å². The summed E-state index contributed by atoms with van der Waals surface area (Å²) >= 11 is 0. The van der Waals surface area contributed by atoms with Gasteiger partial charge in [-0.3, -0.25) is 0 Å². The number of benzene rings is 1. The van der Waals surface area contributed by atoms with Crippen LogP contribution >= 0.6 is 0 Å². The van der Waals surface area contributed by atoms with Crippen molar-refractivity contribution in [2.45, 2.75) is 44.0 Å². The summed E-state index contributed by atoms with van der Waals surface area (Å²) in [4.78, 5) is 0.283. The predicted molar refractivity (Wildman–Crippen MR) is 72.8 cm³/mol. The van der Waals surface area contributed by atoms with E-state index in [0.29, 0.717) is 12.2 Å². The monoisotopic (exact) mass is 268 g/mol. The first-order valence-corrected chi connectivity index (χ1v) is 7.79. The predicted octanol–water partition coefficient (Wildman–Crippen LogP) is 2.14. The lowest BCUT2D eigenvalue weighted by Gasteiger charge is -2.23. The molecule has 1 saturated carbocycles. The average molecular weight is 268 g/mol. The number of anilines is 1. The van der Waals surface area contributed by atoms with E-state index < -0.39 is 10.0 Å². The van der Waals surface area contributed by atoms with Crippen molar-refractivity contribution in [1.82, 2.24) is 4.31 Å². The van der Waals surface area contributed by atoms with Gasteiger partial charge in [-0.25, -0.2) is 8.42 Å². The Bertz CT molecular complexity index is 516. The number of sulfonamides is 1. The van der Waals surface area contributed by atoms with Gasteiger partial charge in [0.15, 0.2) is 0 Å². The Morgan fingerprint density at radius 2 is 2.06 bits per heavy atom. The molecule has 0 heterocycles. The van der Waals surface area contributed by atoms with Crippen LogP contribution in [0.1, 0.15) is 31.7 Å². The molecule has 0 amide bonds. The summed E-state index contributed by atoms with van der Waals surface area (Å²) in [7, 11) is -3.45. The Morgan fingerprint density at radius 1 is 1.39 bits per heavy atom. The molecule has 0 radical (unpaired) electrons. The molecule has 0 aliphatic heterocycles. The second-order valence-electron chi connectivity index (χ2n) is 4.84. The first-order chi connectivity index (χ1) is 8.48. The van der Waals surface area contributed by atoms with E-state index >= 15 is 0 Å². The lowest BCUT2D eigenvalue weighted by Crippen LogP contribution is -2.34. The average Bonchev–Trinajstić information content (AvgIpc) is 3.08. The Kier molecular flexibility index (Phi) is 3.64. The fourth-order valence-electron chi connectivity index (χ4n) is 2.23. The maximum Gasteiger partial charge on any atom is 0.245 e. The molecule has 1 aliphatic carbocycles. The third-order valence-corrected chi connectivity index (χ3v) is 5.38. The minimum atomic E-state index is -3.45. The largest absolute Gasteiger partial charge is 0.398 e. The van der Waals surface area contributed by atoms with E-state index in [1.807, 2.05) is 6.92 Å². The molecule has 18 heavy (non-hydrogen) atoms. The van der Waals surface area contributed by atoms with E-state index in [4.69, 9.17) is 5.73 Å². The molecule has 0 spiro atoms. The highest BCUT2D eigenvalue weighted by molar-refractivity contribution is 7.89. The van der Waals surface area contributed by atoms with Crippen LogP contribution in [-0.4, -0.2) is 25.3 Å². The van der Waals surface area contributed by atoms with Gasteiger partial charge in [-0.1, -0.05) is 19.1 Å². The fourth-order valence-corrected chi connectivity index (χ4v) is 4.33. The second kappa shape index (κ2) is 4.90. The highest BCUT2D eigenvalue weighted by Gasteiger charge is 2.38. The smallest absolute Gasteiger partial charge is 0.245 e. The molecule has 0 unspecified atom stereocenters. The zero-order valence-corrected chi connectivity index (χ0v) is 11.7. The summed E-state index contributed by atoms with van der Waals surface area (Å²) in [6.45, 7) is 4.35. The lowest BCUT2D eigenvalue weighted by atomic mass is 10.2. The van der Waals surface area contributed by atoms with Crippen LogP contribution in [0.2, 0.25) is 0 Å². The molecule has 2 rings (SSSR count). The van der Waals surface area contributed by atoms with Crippen LogP contribution in [0.5, 0.6) is 0 Å². The SMILES string of the molecule is CCCN(C1CC1)S(=O)(=O)c1c(C)cccc1N. The third-order valence-electron chi connectivity index (χ3n) is 3.21. The van der Waals surface area contributed by atoms with Crippen molar-refractivity contribution in [2.75, 3.05) is 12.3 Å². The van der Waals surface area contributed by atoms with Crippen LogP contribution in [0.4, 0.5) is 5.69 Å². The summed E-state index contributed by atoms with van der Waals surface area (Å²) in [5.41, 5.74) is 6.92. The van der Waals surface area contributed by atoms with E-state index in [1.165, 1.54) is 0 Å². The van der Waals surface area contributed by atoms with Crippen molar-refractivity contribution < 1.29 is 8.42 Å².